The molecule has 15 heavy (non-hydrogen) atoms. The van der Waals surface area contributed by atoms with E-state index < -0.39 is 0 Å². The van der Waals surface area contributed by atoms with E-state index in [2.05, 4.69) is 4.84 Å². The molecule has 0 radical (unpaired) electrons. The highest BCUT2D eigenvalue weighted by Crippen LogP contribution is 2.35. The zero-order valence-electron chi connectivity index (χ0n) is 8.16. The van der Waals surface area contributed by atoms with Crippen LogP contribution in [-0.2, 0) is 11.4 Å². The molecule has 1 aromatic carbocycles. The zero-order chi connectivity index (χ0) is 10.7. The van der Waals surface area contributed by atoms with E-state index in [9.17, 15) is 0 Å². The van der Waals surface area contributed by atoms with Crippen LogP contribution in [0.4, 0.5) is 0 Å². The van der Waals surface area contributed by atoms with Crippen LogP contribution >= 0.6 is 11.6 Å². The first-order valence-electron chi connectivity index (χ1n) is 4.71. The Bertz CT molecular complexity index is 357. The van der Waals surface area contributed by atoms with E-state index in [1.165, 1.54) is 0 Å². The predicted octanol–water partition coefficient (Wildman–Crippen LogP) is 1.89. The summed E-state index contributed by atoms with van der Waals surface area (Å²) in [4.78, 5) is 4.55. The molecule has 0 saturated heterocycles. The van der Waals surface area contributed by atoms with Crippen molar-refractivity contribution in [2.24, 2.45) is 5.90 Å². The van der Waals surface area contributed by atoms with Crippen molar-refractivity contribution < 1.29 is 14.3 Å². The molecule has 1 aliphatic rings. The van der Waals surface area contributed by atoms with Gasteiger partial charge in [0.15, 0.2) is 11.5 Å². The topological polar surface area (TPSA) is 53.7 Å². The maximum absolute atomic E-state index is 6.02. The van der Waals surface area contributed by atoms with E-state index in [-0.39, 0.29) is 6.61 Å². The number of ether oxygens (including phenoxy) is 2. The highest BCUT2D eigenvalue weighted by Gasteiger charge is 2.13. The van der Waals surface area contributed by atoms with Crippen molar-refractivity contribution >= 4 is 11.6 Å². The fourth-order valence-corrected chi connectivity index (χ4v) is 1.63. The second kappa shape index (κ2) is 4.70. The summed E-state index contributed by atoms with van der Waals surface area (Å²) in [6.45, 7) is 1.56. The summed E-state index contributed by atoms with van der Waals surface area (Å²) in [5, 5.41) is 0.574. The standard InChI is InChI=1S/C10H12ClNO3/c11-8-5-10-9(4-7(8)6-15-12)13-2-1-3-14-10/h4-5H,1-3,6,12H2. The van der Waals surface area contributed by atoms with Crippen LogP contribution in [0.1, 0.15) is 12.0 Å². The molecular weight excluding hydrogens is 218 g/mol. The van der Waals surface area contributed by atoms with Gasteiger partial charge in [0.05, 0.1) is 24.8 Å². The minimum Gasteiger partial charge on any atom is -0.490 e. The molecule has 0 saturated carbocycles. The number of rotatable bonds is 2. The van der Waals surface area contributed by atoms with Crippen molar-refractivity contribution in [1.29, 1.82) is 0 Å². The molecule has 1 aromatic rings. The van der Waals surface area contributed by atoms with Gasteiger partial charge in [-0.3, -0.25) is 4.84 Å². The summed E-state index contributed by atoms with van der Waals surface area (Å²) >= 11 is 6.02. The molecule has 0 unspecified atom stereocenters. The molecule has 0 atom stereocenters. The van der Waals surface area contributed by atoms with Crippen LogP contribution in [0.25, 0.3) is 0 Å². The van der Waals surface area contributed by atoms with Crippen LogP contribution in [-0.4, -0.2) is 13.2 Å². The SMILES string of the molecule is NOCc1cc2c(cc1Cl)OCCCO2. The van der Waals surface area contributed by atoms with E-state index in [1.54, 1.807) is 12.1 Å². The maximum Gasteiger partial charge on any atom is 0.162 e. The monoisotopic (exact) mass is 229 g/mol. The van der Waals surface area contributed by atoms with Gasteiger partial charge in [-0.05, 0) is 6.07 Å². The number of nitrogens with two attached hydrogens (primary N) is 1. The molecule has 2 N–H and O–H groups in total. The highest BCUT2D eigenvalue weighted by molar-refractivity contribution is 6.31. The molecule has 2 rings (SSSR count). The van der Waals surface area contributed by atoms with Crippen molar-refractivity contribution in [3.63, 3.8) is 0 Å². The summed E-state index contributed by atoms with van der Waals surface area (Å²) in [6.07, 6.45) is 0.870. The molecule has 1 heterocycles. The average Bonchev–Trinajstić information content (AvgIpc) is 2.44. The average molecular weight is 230 g/mol. The zero-order valence-corrected chi connectivity index (χ0v) is 8.92. The third-order valence-electron chi connectivity index (χ3n) is 2.16. The van der Waals surface area contributed by atoms with Crippen molar-refractivity contribution in [3.8, 4) is 11.5 Å². The molecule has 82 valence electrons. The van der Waals surface area contributed by atoms with Gasteiger partial charge in [0.2, 0.25) is 0 Å². The number of halogens is 1. The van der Waals surface area contributed by atoms with E-state index in [1.807, 2.05) is 0 Å². The normalized spacial score (nSPS) is 14.8. The van der Waals surface area contributed by atoms with Crippen LogP contribution in [0.15, 0.2) is 12.1 Å². The summed E-state index contributed by atoms with van der Waals surface area (Å²) in [7, 11) is 0. The van der Waals surface area contributed by atoms with Gasteiger partial charge in [-0.25, -0.2) is 5.90 Å². The number of fused-ring (bicyclic) bond motifs is 1. The molecule has 0 aliphatic carbocycles. The Morgan fingerprint density at radius 2 is 1.93 bits per heavy atom. The first-order valence-corrected chi connectivity index (χ1v) is 5.09. The smallest absolute Gasteiger partial charge is 0.162 e. The Balaban J connectivity index is 2.33. The Kier molecular flexibility index (Phi) is 3.30. The van der Waals surface area contributed by atoms with Crippen LogP contribution in [0.2, 0.25) is 5.02 Å². The Morgan fingerprint density at radius 3 is 2.60 bits per heavy atom. The van der Waals surface area contributed by atoms with Crippen LogP contribution in [0.3, 0.4) is 0 Å². The fourth-order valence-electron chi connectivity index (χ4n) is 1.43. The lowest BCUT2D eigenvalue weighted by Gasteiger charge is -2.10. The predicted molar refractivity (Wildman–Crippen MR) is 56.0 cm³/mol. The summed E-state index contributed by atoms with van der Waals surface area (Å²) in [5.41, 5.74) is 0.795. The lowest BCUT2D eigenvalue weighted by molar-refractivity contribution is 0.124. The van der Waals surface area contributed by atoms with Gasteiger partial charge < -0.3 is 9.47 Å². The quantitative estimate of drug-likeness (QED) is 0.787. The molecule has 4 nitrogen and oxygen atoms in total. The van der Waals surface area contributed by atoms with Crippen molar-refractivity contribution in [3.05, 3.63) is 22.7 Å². The van der Waals surface area contributed by atoms with Gasteiger partial charge in [0.25, 0.3) is 0 Å². The molecule has 0 spiro atoms. The minimum atomic E-state index is 0.259. The molecule has 0 bridgehead atoms. The molecule has 0 aromatic heterocycles. The molecule has 5 heteroatoms. The van der Waals surface area contributed by atoms with Crippen molar-refractivity contribution in [1.82, 2.24) is 0 Å². The van der Waals surface area contributed by atoms with Crippen LogP contribution in [0.5, 0.6) is 11.5 Å². The third-order valence-corrected chi connectivity index (χ3v) is 2.51. The van der Waals surface area contributed by atoms with E-state index >= 15 is 0 Å². The van der Waals surface area contributed by atoms with E-state index in [0.717, 1.165) is 12.0 Å². The van der Waals surface area contributed by atoms with Crippen molar-refractivity contribution in [2.45, 2.75) is 13.0 Å². The van der Waals surface area contributed by atoms with Crippen LogP contribution in [0, 0.1) is 0 Å². The number of benzene rings is 1. The summed E-state index contributed by atoms with van der Waals surface area (Å²) in [5.74, 6) is 6.38. The summed E-state index contributed by atoms with van der Waals surface area (Å²) < 4.78 is 11.0. The van der Waals surface area contributed by atoms with Gasteiger partial charge in [-0.1, -0.05) is 11.6 Å². The van der Waals surface area contributed by atoms with Gasteiger partial charge >= 0.3 is 0 Å². The third kappa shape index (κ3) is 2.34. The van der Waals surface area contributed by atoms with Gasteiger partial charge in [-0.2, -0.15) is 0 Å². The fraction of sp³-hybridized carbons (Fsp3) is 0.400. The highest BCUT2D eigenvalue weighted by atomic mass is 35.5. The van der Waals surface area contributed by atoms with Crippen molar-refractivity contribution in [2.75, 3.05) is 13.2 Å². The largest absolute Gasteiger partial charge is 0.490 e. The Labute approximate surface area is 92.8 Å². The lowest BCUT2D eigenvalue weighted by Crippen LogP contribution is -2.01. The number of hydrogen-bond donors (Lipinski definition) is 1. The molecule has 0 fully saturated rings. The maximum atomic E-state index is 6.02. The first-order chi connectivity index (χ1) is 7.31. The molecule has 1 aliphatic heterocycles. The first kappa shape index (κ1) is 10.5. The Hall–Kier alpha value is -0.970. The van der Waals surface area contributed by atoms with Gasteiger partial charge in [0.1, 0.15) is 0 Å². The Morgan fingerprint density at radius 1 is 1.27 bits per heavy atom. The van der Waals surface area contributed by atoms with E-state index in [4.69, 9.17) is 27.0 Å². The van der Waals surface area contributed by atoms with Gasteiger partial charge in [-0.15, -0.1) is 0 Å². The summed E-state index contributed by atoms with van der Waals surface area (Å²) in [6, 6.07) is 3.53. The van der Waals surface area contributed by atoms with Crippen LogP contribution < -0.4 is 15.4 Å². The van der Waals surface area contributed by atoms with Gasteiger partial charge in [0, 0.05) is 18.1 Å². The second-order valence-electron chi connectivity index (χ2n) is 3.25. The number of hydrogen-bond acceptors (Lipinski definition) is 4. The molecule has 0 amide bonds. The lowest BCUT2D eigenvalue weighted by atomic mass is 10.2. The van der Waals surface area contributed by atoms with E-state index in [0.29, 0.717) is 29.7 Å². The second-order valence-corrected chi connectivity index (χ2v) is 3.66. The minimum absolute atomic E-state index is 0.259. The molecular formula is C10H12ClNO3.